The lowest BCUT2D eigenvalue weighted by Crippen LogP contribution is -2.22. The Bertz CT molecular complexity index is 815. The number of amides is 1. The SMILES string of the molecule is COc1ccc(/C(C)=N\OC(=O)NCc2ccccc2)cc1OC1CCCC1. The second-order valence-electron chi connectivity index (χ2n) is 6.78. The van der Waals surface area contributed by atoms with E-state index >= 15 is 0 Å². The average molecular weight is 382 g/mol. The van der Waals surface area contributed by atoms with Gasteiger partial charge in [-0.05, 0) is 56.4 Å². The Kier molecular flexibility index (Phi) is 6.89. The molecule has 1 amide bonds. The highest BCUT2D eigenvalue weighted by Gasteiger charge is 2.19. The first-order chi connectivity index (χ1) is 13.7. The van der Waals surface area contributed by atoms with Crippen molar-refractivity contribution in [1.29, 1.82) is 0 Å². The molecule has 148 valence electrons. The molecule has 3 rings (SSSR count). The number of hydrogen-bond acceptors (Lipinski definition) is 5. The molecule has 6 nitrogen and oxygen atoms in total. The summed E-state index contributed by atoms with van der Waals surface area (Å²) in [5, 5.41) is 6.61. The van der Waals surface area contributed by atoms with E-state index in [0.29, 0.717) is 23.8 Å². The van der Waals surface area contributed by atoms with Gasteiger partial charge in [-0.25, -0.2) is 4.79 Å². The summed E-state index contributed by atoms with van der Waals surface area (Å²) in [6.07, 6.45) is 4.13. The van der Waals surface area contributed by atoms with Crippen molar-refractivity contribution < 1.29 is 19.1 Å². The second-order valence-corrected chi connectivity index (χ2v) is 6.78. The van der Waals surface area contributed by atoms with E-state index in [9.17, 15) is 4.79 Å². The van der Waals surface area contributed by atoms with Gasteiger partial charge in [-0.2, -0.15) is 0 Å². The number of ether oxygens (including phenoxy) is 2. The quantitative estimate of drug-likeness (QED) is 0.429. The normalized spacial score (nSPS) is 14.6. The van der Waals surface area contributed by atoms with Crippen molar-refractivity contribution in [2.24, 2.45) is 5.16 Å². The molecule has 0 aromatic heterocycles. The van der Waals surface area contributed by atoms with E-state index in [-0.39, 0.29) is 6.10 Å². The van der Waals surface area contributed by atoms with Gasteiger partial charge in [0, 0.05) is 12.1 Å². The molecule has 0 aliphatic heterocycles. The number of rotatable bonds is 7. The molecule has 6 heteroatoms. The van der Waals surface area contributed by atoms with Gasteiger partial charge in [0.1, 0.15) is 0 Å². The predicted octanol–water partition coefficient (Wildman–Crippen LogP) is 4.67. The lowest BCUT2D eigenvalue weighted by Gasteiger charge is -2.16. The van der Waals surface area contributed by atoms with Gasteiger partial charge in [-0.3, -0.25) is 4.84 Å². The van der Waals surface area contributed by atoms with E-state index in [0.717, 1.165) is 24.0 Å². The number of benzene rings is 2. The second kappa shape index (κ2) is 9.78. The summed E-state index contributed by atoms with van der Waals surface area (Å²) >= 11 is 0. The summed E-state index contributed by atoms with van der Waals surface area (Å²) in [7, 11) is 1.62. The molecular weight excluding hydrogens is 356 g/mol. The first kappa shape index (κ1) is 19.7. The number of oxime groups is 1. The van der Waals surface area contributed by atoms with Crippen LogP contribution in [0.15, 0.2) is 53.7 Å². The lowest BCUT2D eigenvalue weighted by molar-refractivity contribution is 0.150. The maximum Gasteiger partial charge on any atom is 0.433 e. The molecule has 0 radical (unpaired) electrons. The minimum atomic E-state index is -0.598. The van der Waals surface area contributed by atoms with E-state index in [4.69, 9.17) is 14.3 Å². The van der Waals surface area contributed by atoms with Crippen LogP contribution in [0.2, 0.25) is 0 Å². The van der Waals surface area contributed by atoms with Gasteiger partial charge in [-0.15, -0.1) is 0 Å². The van der Waals surface area contributed by atoms with E-state index in [2.05, 4.69) is 10.5 Å². The molecular formula is C22H26N2O4. The van der Waals surface area contributed by atoms with Crippen LogP contribution < -0.4 is 14.8 Å². The average Bonchev–Trinajstić information content (AvgIpc) is 3.24. The zero-order chi connectivity index (χ0) is 19.8. The van der Waals surface area contributed by atoms with Crippen LogP contribution in [0, 0.1) is 0 Å². The van der Waals surface area contributed by atoms with E-state index < -0.39 is 6.09 Å². The first-order valence-electron chi connectivity index (χ1n) is 9.54. The summed E-state index contributed by atoms with van der Waals surface area (Å²) in [5.41, 5.74) is 2.38. The van der Waals surface area contributed by atoms with Gasteiger partial charge in [0.15, 0.2) is 11.5 Å². The fourth-order valence-electron chi connectivity index (χ4n) is 3.14. The fraction of sp³-hybridized carbons (Fsp3) is 0.364. The van der Waals surface area contributed by atoms with Crippen LogP contribution in [0.1, 0.15) is 43.7 Å². The van der Waals surface area contributed by atoms with Crippen LogP contribution in [0.5, 0.6) is 11.5 Å². The number of carbonyl (C=O) groups is 1. The Morgan fingerprint density at radius 1 is 1.11 bits per heavy atom. The number of nitrogens with one attached hydrogen (secondary N) is 1. The smallest absolute Gasteiger partial charge is 0.433 e. The van der Waals surface area contributed by atoms with Crippen LogP contribution in [0.3, 0.4) is 0 Å². The standard InChI is InChI=1S/C22H26N2O4/c1-16(24-28-22(25)23-15-17-8-4-3-5-9-17)18-12-13-20(26-2)21(14-18)27-19-10-6-7-11-19/h3-5,8-9,12-14,19H,6-7,10-11,15H2,1-2H3,(H,23,25)/b24-16-. The van der Waals surface area contributed by atoms with Crippen molar-refractivity contribution in [3.63, 3.8) is 0 Å². The van der Waals surface area contributed by atoms with Crippen molar-refractivity contribution in [2.75, 3.05) is 7.11 Å². The summed E-state index contributed by atoms with van der Waals surface area (Å²) < 4.78 is 11.5. The number of hydrogen-bond donors (Lipinski definition) is 1. The Morgan fingerprint density at radius 3 is 2.57 bits per heavy atom. The molecule has 2 aromatic carbocycles. The van der Waals surface area contributed by atoms with Crippen molar-refractivity contribution in [1.82, 2.24) is 5.32 Å². The zero-order valence-corrected chi connectivity index (χ0v) is 16.3. The summed E-state index contributed by atoms with van der Waals surface area (Å²) in [5.74, 6) is 1.37. The van der Waals surface area contributed by atoms with Crippen LogP contribution in [0.4, 0.5) is 4.79 Å². The fourth-order valence-corrected chi connectivity index (χ4v) is 3.14. The van der Waals surface area contributed by atoms with E-state index in [1.165, 1.54) is 12.8 Å². The van der Waals surface area contributed by atoms with Crippen molar-refractivity contribution in [3.8, 4) is 11.5 Å². The molecule has 0 heterocycles. The van der Waals surface area contributed by atoms with E-state index in [1.807, 2.05) is 48.5 Å². The molecule has 0 bridgehead atoms. The number of nitrogens with zero attached hydrogens (tertiary/aromatic N) is 1. The molecule has 1 N–H and O–H groups in total. The van der Waals surface area contributed by atoms with Gasteiger partial charge >= 0.3 is 6.09 Å². The molecule has 0 atom stereocenters. The topological polar surface area (TPSA) is 69.2 Å². The van der Waals surface area contributed by atoms with Crippen LogP contribution in [0.25, 0.3) is 0 Å². The molecule has 28 heavy (non-hydrogen) atoms. The van der Waals surface area contributed by atoms with Gasteiger partial charge in [0.05, 0.1) is 18.9 Å². The molecule has 0 saturated heterocycles. The first-order valence-corrected chi connectivity index (χ1v) is 9.54. The van der Waals surface area contributed by atoms with Crippen LogP contribution >= 0.6 is 0 Å². The van der Waals surface area contributed by atoms with Crippen molar-refractivity contribution >= 4 is 11.8 Å². The third-order valence-electron chi connectivity index (χ3n) is 4.72. The Morgan fingerprint density at radius 2 is 1.86 bits per heavy atom. The maximum atomic E-state index is 11.9. The number of methoxy groups -OCH3 is 1. The zero-order valence-electron chi connectivity index (χ0n) is 16.3. The molecule has 1 saturated carbocycles. The molecule has 1 aliphatic carbocycles. The highest BCUT2D eigenvalue weighted by Crippen LogP contribution is 2.32. The third-order valence-corrected chi connectivity index (χ3v) is 4.72. The molecule has 0 unspecified atom stereocenters. The Balaban J connectivity index is 1.60. The lowest BCUT2D eigenvalue weighted by atomic mass is 10.1. The highest BCUT2D eigenvalue weighted by molar-refractivity contribution is 5.99. The predicted molar refractivity (Wildman–Crippen MR) is 108 cm³/mol. The minimum absolute atomic E-state index is 0.224. The van der Waals surface area contributed by atoms with Crippen LogP contribution in [-0.2, 0) is 11.4 Å². The highest BCUT2D eigenvalue weighted by atomic mass is 16.7. The van der Waals surface area contributed by atoms with Gasteiger partial charge in [-0.1, -0.05) is 35.5 Å². The largest absolute Gasteiger partial charge is 0.493 e. The summed E-state index contributed by atoms with van der Waals surface area (Å²) in [6, 6.07) is 15.2. The molecule has 0 spiro atoms. The van der Waals surface area contributed by atoms with Gasteiger partial charge in [0.2, 0.25) is 0 Å². The summed E-state index contributed by atoms with van der Waals surface area (Å²) in [6.45, 7) is 2.17. The monoisotopic (exact) mass is 382 g/mol. The third kappa shape index (κ3) is 5.49. The van der Waals surface area contributed by atoms with Crippen molar-refractivity contribution in [2.45, 2.75) is 45.3 Å². The maximum absolute atomic E-state index is 11.9. The Hall–Kier alpha value is -3.02. The Labute approximate surface area is 165 Å². The number of carbonyl (C=O) groups excluding carboxylic acids is 1. The van der Waals surface area contributed by atoms with E-state index in [1.54, 1.807) is 14.0 Å². The molecule has 1 aliphatic rings. The van der Waals surface area contributed by atoms with Gasteiger partial charge in [0.25, 0.3) is 0 Å². The molecule has 2 aromatic rings. The summed E-state index contributed by atoms with van der Waals surface area (Å²) in [4.78, 5) is 16.8. The van der Waals surface area contributed by atoms with Crippen LogP contribution in [-0.4, -0.2) is 25.0 Å². The minimum Gasteiger partial charge on any atom is -0.493 e. The van der Waals surface area contributed by atoms with Crippen molar-refractivity contribution in [3.05, 3.63) is 59.7 Å². The molecule has 1 fully saturated rings. The van der Waals surface area contributed by atoms with Gasteiger partial charge < -0.3 is 14.8 Å².